The minimum Gasteiger partial charge on any atom is -0.387 e. The average Bonchev–Trinajstić information content (AvgIpc) is 2.84. The zero-order valence-corrected chi connectivity index (χ0v) is 12.7. The molecule has 0 spiro atoms. The molecule has 4 N–H and O–H groups in total. The Kier molecular flexibility index (Phi) is 6.27. The van der Waals surface area contributed by atoms with Gasteiger partial charge in [0.25, 0.3) is 0 Å². The van der Waals surface area contributed by atoms with Gasteiger partial charge in [-0.2, -0.15) is 0 Å². The fraction of sp³-hybridized carbons (Fsp3) is 0.500. The summed E-state index contributed by atoms with van der Waals surface area (Å²) in [5.41, 5.74) is 6.01. The monoisotopic (exact) mass is 318 g/mol. The van der Waals surface area contributed by atoms with E-state index in [1.807, 2.05) is 0 Å². The highest BCUT2D eigenvalue weighted by Crippen LogP contribution is 2.27. The van der Waals surface area contributed by atoms with Crippen LogP contribution in [-0.2, 0) is 4.79 Å². The van der Waals surface area contributed by atoms with E-state index in [9.17, 15) is 9.90 Å². The molecular formula is C14H20Cl2N2O2. The van der Waals surface area contributed by atoms with Gasteiger partial charge in [0, 0.05) is 11.6 Å². The lowest BCUT2D eigenvalue weighted by Gasteiger charge is -2.23. The number of carbonyl (C=O) groups excluding carboxylic acids is 1. The van der Waals surface area contributed by atoms with E-state index in [0.29, 0.717) is 5.02 Å². The van der Waals surface area contributed by atoms with Crippen molar-refractivity contribution in [1.29, 1.82) is 0 Å². The summed E-state index contributed by atoms with van der Waals surface area (Å²) in [7, 11) is 0. The highest BCUT2D eigenvalue weighted by Gasteiger charge is 2.36. The summed E-state index contributed by atoms with van der Waals surface area (Å²) < 4.78 is 0. The summed E-state index contributed by atoms with van der Waals surface area (Å²) in [4.78, 5) is 12.0. The van der Waals surface area contributed by atoms with Gasteiger partial charge < -0.3 is 16.2 Å². The molecule has 4 nitrogen and oxygen atoms in total. The van der Waals surface area contributed by atoms with Gasteiger partial charge in [0.2, 0.25) is 5.91 Å². The first kappa shape index (κ1) is 17.2. The Morgan fingerprint density at radius 1 is 1.35 bits per heavy atom. The summed E-state index contributed by atoms with van der Waals surface area (Å²) in [5, 5.41) is 13.3. The lowest BCUT2D eigenvalue weighted by molar-refractivity contribution is -0.126. The zero-order chi connectivity index (χ0) is 13.9. The molecule has 0 heterocycles. The van der Waals surface area contributed by atoms with Gasteiger partial charge >= 0.3 is 0 Å². The largest absolute Gasteiger partial charge is 0.387 e. The number of halogens is 2. The highest BCUT2D eigenvalue weighted by molar-refractivity contribution is 6.30. The molecule has 1 fully saturated rings. The minimum absolute atomic E-state index is 0. The van der Waals surface area contributed by atoms with E-state index in [2.05, 4.69) is 5.32 Å². The van der Waals surface area contributed by atoms with E-state index in [1.54, 1.807) is 24.3 Å². The third-order valence-electron chi connectivity index (χ3n) is 3.66. The fourth-order valence-electron chi connectivity index (χ4n) is 2.40. The zero-order valence-electron chi connectivity index (χ0n) is 11.1. The molecule has 1 atom stereocenters. The number of hydrogen-bond donors (Lipinski definition) is 3. The number of aliphatic hydroxyl groups excluding tert-OH is 1. The second kappa shape index (κ2) is 7.27. The molecular weight excluding hydrogens is 299 g/mol. The molecule has 1 amide bonds. The Morgan fingerprint density at radius 2 is 1.90 bits per heavy atom. The number of aliphatic hydroxyl groups is 1. The van der Waals surface area contributed by atoms with Gasteiger partial charge in [-0.25, -0.2) is 0 Å². The van der Waals surface area contributed by atoms with Crippen LogP contribution in [0.4, 0.5) is 0 Å². The predicted molar refractivity (Wildman–Crippen MR) is 82.1 cm³/mol. The Hall–Kier alpha value is -0.810. The number of hydrogen-bond acceptors (Lipinski definition) is 3. The van der Waals surface area contributed by atoms with E-state index in [4.69, 9.17) is 17.3 Å². The van der Waals surface area contributed by atoms with Gasteiger partial charge in [-0.15, -0.1) is 12.4 Å². The van der Waals surface area contributed by atoms with Crippen molar-refractivity contribution in [2.24, 2.45) is 5.73 Å². The van der Waals surface area contributed by atoms with Gasteiger partial charge in [0.15, 0.2) is 0 Å². The molecule has 6 heteroatoms. The van der Waals surface area contributed by atoms with Gasteiger partial charge in [-0.3, -0.25) is 4.79 Å². The molecule has 1 saturated carbocycles. The molecule has 0 bridgehead atoms. The van der Waals surface area contributed by atoms with Crippen LogP contribution in [0.3, 0.4) is 0 Å². The lowest BCUT2D eigenvalue weighted by atomic mass is 9.98. The Bertz CT molecular complexity index is 445. The Balaban J connectivity index is 0.00000200. The molecule has 112 valence electrons. The molecule has 1 unspecified atom stereocenters. The third-order valence-corrected chi connectivity index (χ3v) is 3.91. The van der Waals surface area contributed by atoms with Crippen LogP contribution in [0.2, 0.25) is 5.02 Å². The summed E-state index contributed by atoms with van der Waals surface area (Å²) in [6.07, 6.45) is 2.67. The first-order chi connectivity index (χ1) is 9.01. The number of amides is 1. The second-order valence-corrected chi connectivity index (χ2v) is 5.58. The van der Waals surface area contributed by atoms with Crippen LogP contribution in [0.15, 0.2) is 24.3 Å². The minimum atomic E-state index is -0.750. The van der Waals surface area contributed by atoms with Crippen molar-refractivity contribution in [2.75, 3.05) is 6.54 Å². The summed E-state index contributed by atoms with van der Waals surface area (Å²) in [6.45, 7) is 0.166. The predicted octanol–water partition coefficient (Wildman–Crippen LogP) is 2.18. The van der Waals surface area contributed by atoms with Crippen LogP contribution in [-0.4, -0.2) is 23.1 Å². The maximum absolute atomic E-state index is 12.0. The van der Waals surface area contributed by atoms with E-state index in [1.165, 1.54) is 0 Å². The van der Waals surface area contributed by atoms with Crippen molar-refractivity contribution in [3.63, 3.8) is 0 Å². The SMILES string of the molecule is Cl.NC1(C(=O)NCC(O)c2ccc(Cl)cc2)CCCC1. The van der Waals surface area contributed by atoms with Crippen molar-refractivity contribution < 1.29 is 9.90 Å². The summed E-state index contributed by atoms with van der Waals surface area (Å²) >= 11 is 5.78. The lowest BCUT2D eigenvalue weighted by Crippen LogP contribution is -2.52. The van der Waals surface area contributed by atoms with Crippen molar-refractivity contribution in [2.45, 2.75) is 37.3 Å². The van der Waals surface area contributed by atoms with Gasteiger partial charge in [-0.05, 0) is 30.5 Å². The third kappa shape index (κ3) is 4.09. The normalized spacial score (nSPS) is 18.1. The van der Waals surface area contributed by atoms with E-state index in [0.717, 1.165) is 31.2 Å². The smallest absolute Gasteiger partial charge is 0.240 e. The second-order valence-electron chi connectivity index (χ2n) is 5.14. The van der Waals surface area contributed by atoms with E-state index in [-0.39, 0.29) is 24.9 Å². The Morgan fingerprint density at radius 3 is 2.45 bits per heavy atom. The molecule has 0 aliphatic heterocycles. The van der Waals surface area contributed by atoms with E-state index < -0.39 is 11.6 Å². The van der Waals surface area contributed by atoms with Crippen LogP contribution in [0.5, 0.6) is 0 Å². The molecule has 1 aromatic rings. The number of nitrogens with one attached hydrogen (secondary N) is 1. The number of benzene rings is 1. The van der Waals surface area contributed by atoms with Crippen LogP contribution >= 0.6 is 24.0 Å². The van der Waals surface area contributed by atoms with Gasteiger partial charge in [0.05, 0.1) is 11.6 Å². The quantitative estimate of drug-likeness (QED) is 0.796. The molecule has 1 aromatic carbocycles. The van der Waals surface area contributed by atoms with Gasteiger partial charge in [-0.1, -0.05) is 36.6 Å². The van der Waals surface area contributed by atoms with Crippen LogP contribution < -0.4 is 11.1 Å². The molecule has 0 saturated heterocycles. The standard InChI is InChI=1S/C14H19ClN2O2.ClH/c15-11-5-3-10(4-6-11)12(18)9-17-13(19)14(16)7-1-2-8-14;/h3-6,12,18H,1-2,7-9,16H2,(H,17,19);1H. The maximum Gasteiger partial charge on any atom is 0.240 e. The molecule has 0 aromatic heterocycles. The highest BCUT2D eigenvalue weighted by atomic mass is 35.5. The molecule has 20 heavy (non-hydrogen) atoms. The summed E-state index contributed by atoms with van der Waals surface area (Å²) in [5.74, 6) is -0.169. The molecule has 1 aliphatic carbocycles. The fourth-order valence-corrected chi connectivity index (χ4v) is 2.53. The van der Waals surface area contributed by atoms with Crippen LogP contribution in [0, 0.1) is 0 Å². The molecule has 1 aliphatic rings. The number of carbonyl (C=O) groups is 1. The first-order valence-corrected chi connectivity index (χ1v) is 6.90. The van der Waals surface area contributed by atoms with Crippen molar-refractivity contribution in [1.82, 2.24) is 5.32 Å². The maximum atomic E-state index is 12.0. The topological polar surface area (TPSA) is 75.4 Å². The van der Waals surface area contributed by atoms with Crippen LogP contribution in [0.1, 0.15) is 37.4 Å². The van der Waals surface area contributed by atoms with Crippen molar-refractivity contribution in [3.8, 4) is 0 Å². The molecule has 2 rings (SSSR count). The number of rotatable bonds is 4. The van der Waals surface area contributed by atoms with Gasteiger partial charge in [0.1, 0.15) is 0 Å². The van der Waals surface area contributed by atoms with E-state index >= 15 is 0 Å². The first-order valence-electron chi connectivity index (χ1n) is 6.52. The molecule has 0 radical (unpaired) electrons. The average molecular weight is 319 g/mol. The van der Waals surface area contributed by atoms with Crippen molar-refractivity contribution in [3.05, 3.63) is 34.9 Å². The number of nitrogens with two attached hydrogens (primary N) is 1. The summed E-state index contributed by atoms with van der Waals surface area (Å²) in [6, 6.07) is 6.91. The van der Waals surface area contributed by atoms with Crippen LogP contribution in [0.25, 0.3) is 0 Å². The Labute approximate surface area is 130 Å². The van der Waals surface area contributed by atoms with Crippen molar-refractivity contribution >= 4 is 29.9 Å².